The minimum absolute atomic E-state index is 0.0522. The third kappa shape index (κ3) is 2.88. The number of benzene rings is 1. The summed E-state index contributed by atoms with van der Waals surface area (Å²) < 4.78 is 5.33. The minimum atomic E-state index is -0.0522. The highest BCUT2D eigenvalue weighted by Gasteiger charge is 2.31. The van der Waals surface area contributed by atoms with Crippen LogP contribution in [0.1, 0.15) is 43.6 Å². The summed E-state index contributed by atoms with van der Waals surface area (Å²) in [6, 6.07) is 9.47. The molecule has 22 heavy (non-hydrogen) atoms. The summed E-state index contributed by atoms with van der Waals surface area (Å²) in [5, 5.41) is 4.62. The average Bonchev–Trinajstić information content (AvgIpc) is 2.97. The molecule has 1 aliphatic rings. The van der Waals surface area contributed by atoms with Crippen molar-refractivity contribution < 1.29 is 9.32 Å². The van der Waals surface area contributed by atoms with Gasteiger partial charge in [0.15, 0.2) is 11.5 Å². The second kappa shape index (κ2) is 6.13. The zero-order chi connectivity index (χ0) is 15.7. The molecule has 1 amide bonds. The predicted octanol–water partition coefficient (Wildman–Crippen LogP) is 4.40. The summed E-state index contributed by atoms with van der Waals surface area (Å²) in [6.45, 7) is 4.18. The number of carbonyl (C=O) groups is 1. The number of hydrogen-bond acceptors (Lipinski definition) is 3. The van der Waals surface area contributed by atoms with Gasteiger partial charge in [-0.1, -0.05) is 16.8 Å². The summed E-state index contributed by atoms with van der Waals surface area (Å²) in [5.41, 5.74) is 1.22. The van der Waals surface area contributed by atoms with E-state index in [1.807, 2.05) is 17.0 Å². The van der Waals surface area contributed by atoms with E-state index < -0.39 is 0 Å². The zero-order valence-electron chi connectivity index (χ0n) is 12.8. The van der Waals surface area contributed by atoms with Crippen LogP contribution >= 0.6 is 11.6 Å². The number of piperidine rings is 1. The highest BCUT2D eigenvalue weighted by atomic mass is 35.5. The SMILES string of the molecule is CC1CCCC(C)N1C(=O)c1cc(-c2ccc(Cl)cc2)on1. The van der Waals surface area contributed by atoms with Gasteiger partial charge in [0.25, 0.3) is 5.91 Å². The Morgan fingerprint density at radius 2 is 1.86 bits per heavy atom. The molecule has 2 aromatic rings. The molecule has 1 aliphatic heterocycles. The summed E-state index contributed by atoms with van der Waals surface area (Å²) >= 11 is 5.88. The molecule has 3 rings (SSSR count). The molecule has 2 unspecified atom stereocenters. The van der Waals surface area contributed by atoms with Crippen molar-refractivity contribution in [2.45, 2.75) is 45.2 Å². The number of hydrogen-bond donors (Lipinski definition) is 0. The van der Waals surface area contributed by atoms with Gasteiger partial charge in [-0.2, -0.15) is 0 Å². The van der Waals surface area contributed by atoms with Gasteiger partial charge in [0.2, 0.25) is 0 Å². The first-order valence-corrected chi connectivity index (χ1v) is 7.99. The van der Waals surface area contributed by atoms with E-state index in [1.165, 1.54) is 6.42 Å². The normalized spacial score (nSPS) is 21.9. The fraction of sp³-hybridized carbons (Fsp3) is 0.412. The summed E-state index contributed by atoms with van der Waals surface area (Å²) in [5.74, 6) is 0.529. The summed E-state index contributed by atoms with van der Waals surface area (Å²) in [4.78, 5) is 14.6. The van der Waals surface area contributed by atoms with Crippen molar-refractivity contribution in [2.75, 3.05) is 0 Å². The maximum Gasteiger partial charge on any atom is 0.276 e. The van der Waals surface area contributed by atoms with Crippen molar-refractivity contribution in [3.63, 3.8) is 0 Å². The molecule has 4 nitrogen and oxygen atoms in total. The van der Waals surface area contributed by atoms with E-state index in [9.17, 15) is 4.79 Å². The van der Waals surface area contributed by atoms with E-state index in [2.05, 4.69) is 19.0 Å². The first kappa shape index (κ1) is 15.1. The molecule has 0 aliphatic carbocycles. The quantitative estimate of drug-likeness (QED) is 0.824. The van der Waals surface area contributed by atoms with Gasteiger partial charge in [0, 0.05) is 28.7 Å². The van der Waals surface area contributed by atoms with E-state index in [4.69, 9.17) is 16.1 Å². The molecular formula is C17H19ClN2O2. The third-order valence-electron chi connectivity index (χ3n) is 4.29. The number of amides is 1. The highest BCUT2D eigenvalue weighted by molar-refractivity contribution is 6.30. The molecule has 116 valence electrons. The maximum atomic E-state index is 12.7. The molecule has 0 spiro atoms. The largest absolute Gasteiger partial charge is 0.355 e. The fourth-order valence-electron chi connectivity index (χ4n) is 3.08. The van der Waals surface area contributed by atoms with Crippen LogP contribution in [0.15, 0.2) is 34.9 Å². The summed E-state index contributed by atoms with van der Waals surface area (Å²) in [6.07, 6.45) is 3.25. The Morgan fingerprint density at radius 1 is 1.23 bits per heavy atom. The Hall–Kier alpha value is -1.81. The molecule has 1 saturated heterocycles. The lowest BCUT2D eigenvalue weighted by Crippen LogP contribution is -2.47. The van der Waals surface area contributed by atoms with Crippen LogP contribution < -0.4 is 0 Å². The van der Waals surface area contributed by atoms with Crippen molar-refractivity contribution in [1.82, 2.24) is 10.1 Å². The minimum Gasteiger partial charge on any atom is -0.355 e. The Kier molecular flexibility index (Phi) is 4.21. The van der Waals surface area contributed by atoms with Crippen molar-refractivity contribution in [3.8, 4) is 11.3 Å². The predicted molar refractivity (Wildman–Crippen MR) is 85.9 cm³/mol. The van der Waals surface area contributed by atoms with Gasteiger partial charge in [-0.05, 0) is 57.4 Å². The molecule has 2 atom stereocenters. The molecule has 1 aromatic heterocycles. The third-order valence-corrected chi connectivity index (χ3v) is 4.54. The van der Waals surface area contributed by atoms with Crippen LogP contribution in [0.2, 0.25) is 5.02 Å². The maximum absolute atomic E-state index is 12.7. The van der Waals surface area contributed by atoms with Gasteiger partial charge in [0.05, 0.1) is 0 Å². The fourth-order valence-corrected chi connectivity index (χ4v) is 3.21. The molecule has 1 aromatic carbocycles. The van der Waals surface area contributed by atoms with E-state index >= 15 is 0 Å². The lowest BCUT2D eigenvalue weighted by atomic mass is 9.97. The van der Waals surface area contributed by atoms with Crippen LogP contribution in [0.4, 0.5) is 0 Å². The number of aromatic nitrogens is 1. The monoisotopic (exact) mass is 318 g/mol. The van der Waals surface area contributed by atoms with Crippen LogP contribution in [0, 0.1) is 0 Å². The van der Waals surface area contributed by atoms with Crippen LogP contribution in [0.25, 0.3) is 11.3 Å². The van der Waals surface area contributed by atoms with E-state index in [0.717, 1.165) is 18.4 Å². The van der Waals surface area contributed by atoms with Crippen molar-refractivity contribution >= 4 is 17.5 Å². The van der Waals surface area contributed by atoms with Crippen LogP contribution in [-0.4, -0.2) is 28.0 Å². The topological polar surface area (TPSA) is 46.3 Å². The second-order valence-electron chi connectivity index (χ2n) is 5.92. The van der Waals surface area contributed by atoms with Gasteiger partial charge in [0.1, 0.15) is 0 Å². The standard InChI is InChI=1S/C17H19ClN2O2/c1-11-4-3-5-12(2)20(11)17(21)15-10-16(22-19-15)13-6-8-14(18)9-7-13/h6-12H,3-5H2,1-2H3. The second-order valence-corrected chi connectivity index (χ2v) is 6.36. The molecule has 5 heteroatoms. The molecule has 1 fully saturated rings. The number of likely N-dealkylation sites (tertiary alicyclic amines) is 1. The van der Waals surface area contributed by atoms with E-state index in [-0.39, 0.29) is 18.0 Å². The highest BCUT2D eigenvalue weighted by Crippen LogP contribution is 2.27. The number of nitrogens with zero attached hydrogens (tertiary/aromatic N) is 2. The van der Waals surface area contributed by atoms with Gasteiger partial charge in [-0.15, -0.1) is 0 Å². The molecule has 2 heterocycles. The van der Waals surface area contributed by atoms with Crippen molar-refractivity contribution in [3.05, 3.63) is 41.0 Å². The Morgan fingerprint density at radius 3 is 2.50 bits per heavy atom. The molecule has 0 bridgehead atoms. The van der Waals surface area contributed by atoms with Crippen LogP contribution in [-0.2, 0) is 0 Å². The Labute approximate surface area is 135 Å². The molecule has 0 radical (unpaired) electrons. The molecular weight excluding hydrogens is 300 g/mol. The van der Waals surface area contributed by atoms with Gasteiger partial charge in [-0.3, -0.25) is 4.79 Å². The lowest BCUT2D eigenvalue weighted by molar-refractivity contribution is 0.0500. The van der Waals surface area contributed by atoms with E-state index in [1.54, 1.807) is 18.2 Å². The van der Waals surface area contributed by atoms with Crippen LogP contribution in [0.5, 0.6) is 0 Å². The van der Waals surface area contributed by atoms with Gasteiger partial charge in [-0.25, -0.2) is 0 Å². The zero-order valence-corrected chi connectivity index (χ0v) is 13.5. The average molecular weight is 319 g/mol. The number of halogens is 1. The van der Waals surface area contributed by atoms with Gasteiger partial charge >= 0.3 is 0 Å². The first-order chi connectivity index (χ1) is 10.6. The number of carbonyl (C=O) groups excluding carboxylic acids is 1. The smallest absolute Gasteiger partial charge is 0.276 e. The molecule has 0 N–H and O–H groups in total. The summed E-state index contributed by atoms with van der Waals surface area (Å²) in [7, 11) is 0. The van der Waals surface area contributed by atoms with E-state index in [0.29, 0.717) is 16.5 Å². The first-order valence-electron chi connectivity index (χ1n) is 7.61. The van der Waals surface area contributed by atoms with Crippen LogP contribution in [0.3, 0.4) is 0 Å². The van der Waals surface area contributed by atoms with Crippen molar-refractivity contribution in [1.29, 1.82) is 0 Å². The van der Waals surface area contributed by atoms with Gasteiger partial charge < -0.3 is 9.42 Å². The Balaban J connectivity index is 1.83. The Bertz CT molecular complexity index is 656. The van der Waals surface area contributed by atoms with Crippen molar-refractivity contribution in [2.24, 2.45) is 0 Å². The number of rotatable bonds is 2. The molecule has 0 saturated carbocycles. The lowest BCUT2D eigenvalue weighted by Gasteiger charge is -2.38.